The minimum absolute atomic E-state index is 0.105. The summed E-state index contributed by atoms with van der Waals surface area (Å²) in [6.45, 7) is 4.19. The van der Waals surface area contributed by atoms with Gasteiger partial charge < -0.3 is 4.74 Å². The Morgan fingerprint density at radius 2 is 1.96 bits per heavy atom. The van der Waals surface area contributed by atoms with E-state index in [0.29, 0.717) is 10.0 Å². The Balaban J connectivity index is 1.60. The first kappa shape index (κ1) is 17.4. The van der Waals surface area contributed by atoms with Gasteiger partial charge in [-0.2, -0.15) is 0 Å². The highest BCUT2D eigenvalue weighted by Gasteiger charge is 2.19. The first-order chi connectivity index (χ1) is 12.8. The average molecular weight is 386 g/mol. The maximum Gasteiger partial charge on any atom is 0.267 e. The third kappa shape index (κ3) is 4.02. The van der Waals surface area contributed by atoms with Gasteiger partial charge in [-0.25, -0.2) is 4.98 Å². The van der Waals surface area contributed by atoms with Crippen molar-refractivity contribution >= 4 is 33.7 Å². The van der Waals surface area contributed by atoms with Gasteiger partial charge in [-0.1, -0.05) is 47.7 Å². The monoisotopic (exact) mass is 385 g/mol. The molecule has 0 spiro atoms. The molecule has 1 amide bonds. The molecule has 3 aromatic rings. The van der Waals surface area contributed by atoms with Gasteiger partial charge in [-0.3, -0.25) is 15.0 Å². The zero-order chi connectivity index (χ0) is 17.8. The molecule has 0 atom stereocenters. The van der Waals surface area contributed by atoms with Crippen molar-refractivity contribution in [3.8, 4) is 11.3 Å². The van der Waals surface area contributed by atoms with Crippen molar-refractivity contribution in [2.45, 2.75) is 6.54 Å². The summed E-state index contributed by atoms with van der Waals surface area (Å²) < 4.78 is 5.44. The van der Waals surface area contributed by atoms with Gasteiger partial charge >= 0.3 is 0 Å². The number of carbonyl (C=O) groups is 1. The predicted molar refractivity (Wildman–Crippen MR) is 106 cm³/mol. The second-order valence-corrected chi connectivity index (χ2v) is 8.01. The molecule has 7 heteroatoms. The van der Waals surface area contributed by atoms with E-state index in [1.165, 1.54) is 16.2 Å². The van der Waals surface area contributed by atoms with Gasteiger partial charge in [0.25, 0.3) is 5.91 Å². The number of nitrogens with one attached hydrogen (secondary N) is 1. The van der Waals surface area contributed by atoms with Crippen LogP contribution < -0.4 is 5.32 Å². The van der Waals surface area contributed by atoms with Crippen molar-refractivity contribution in [1.29, 1.82) is 0 Å². The number of morpholine rings is 1. The molecule has 1 aromatic carbocycles. The molecule has 1 aliphatic rings. The highest BCUT2D eigenvalue weighted by atomic mass is 32.1. The van der Waals surface area contributed by atoms with Crippen molar-refractivity contribution in [3.63, 3.8) is 0 Å². The van der Waals surface area contributed by atoms with Crippen LogP contribution in [0.5, 0.6) is 0 Å². The van der Waals surface area contributed by atoms with Crippen molar-refractivity contribution in [2.75, 3.05) is 31.6 Å². The Morgan fingerprint density at radius 1 is 1.15 bits per heavy atom. The van der Waals surface area contributed by atoms with E-state index in [2.05, 4.69) is 22.3 Å². The normalized spacial score (nSPS) is 15.1. The fourth-order valence-corrected chi connectivity index (χ4v) is 4.50. The SMILES string of the molecule is O=C(Nc1nc(-c2ccccc2)c(CN2CCOCC2)s1)c1cccs1. The van der Waals surface area contributed by atoms with E-state index < -0.39 is 0 Å². The van der Waals surface area contributed by atoms with Crippen molar-refractivity contribution in [2.24, 2.45) is 0 Å². The van der Waals surface area contributed by atoms with Gasteiger partial charge in [-0.05, 0) is 11.4 Å². The van der Waals surface area contributed by atoms with E-state index in [-0.39, 0.29) is 5.91 Å². The van der Waals surface area contributed by atoms with Gasteiger partial charge in [0, 0.05) is 30.1 Å². The van der Waals surface area contributed by atoms with Gasteiger partial charge in [0.15, 0.2) is 5.13 Å². The van der Waals surface area contributed by atoms with E-state index in [1.807, 2.05) is 35.7 Å². The lowest BCUT2D eigenvalue weighted by molar-refractivity contribution is 0.0347. The minimum atomic E-state index is -0.105. The highest BCUT2D eigenvalue weighted by molar-refractivity contribution is 7.16. The summed E-state index contributed by atoms with van der Waals surface area (Å²) in [7, 11) is 0. The molecule has 0 saturated carbocycles. The first-order valence-electron chi connectivity index (χ1n) is 8.50. The van der Waals surface area contributed by atoms with Crippen molar-refractivity contribution in [1.82, 2.24) is 9.88 Å². The molecule has 26 heavy (non-hydrogen) atoms. The molecule has 1 aliphatic heterocycles. The summed E-state index contributed by atoms with van der Waals surface area (Å²) >= 11 is 2.98. The number of aromatic nitrogens is 1. The van der Waals surface area contributed by atoms with Crippen molar-refractivity contribution in [3.05, 3.63) is 57.6 Å². The van der Waals surface area contributed by atoms with Gasteiger partial charge in [0.2, 0.25) is 0 Å². The molecule has 2 aromatic heterocycles. The third-order valence-electron chi connectivity index (χ3n) is 4.18. The summed E-state index contributed by atoms with van der Waals surface area (Å²) in [4.78, 5) is 21.3. The molecule has 3 heterocycles. The zero-order valence-corrected chi connectivity index (χ0v) is 15.8. The minimum Gasteiger partial charge on any atom is -0.379 e. The maximum absolute atomic E-state index is 12.4. The van der Waals surface area contributed by atoms with Crippen LogP contribution in [0.15, 0.2) is 47.8 Å². The van der Waals surface area contributed by atoms with E-state index in [1.54, 1.807) is 11.3 Å². The third-order valence-corrected chi connectivity index (χ3v) is 6.01. The summed E-state index contributed by atoms with van der Waals surface area (Å²) in [5.41, 5.74) is 2.02. The number of ether oxygens (including phenoxy) is 1. The molecule has 0 radical (unpaired) electrons. The number of anilines is 1. The molecule has 4 rings (SSSR count). The molecule has 1 N–H and O–H groups in total. The second-order valence-electron chi connectivity index (χ2n) is 5.98. The molecule has 1 fully saturated rings. The van der Waals surface area contributed by atoms with Crippen LogP contribution in [0.25, 0.3) is 11.3 Å². The molecule has 0 unspecified atom stereocenters. The van der Waals surface area contributed by atoms with Crippen LogP contribution >= 0.6 is 22.7 Å². The van der Waals surface area contributed by atoms with Gasteiger partial charge in [0.1, 0.15) is 0 Å². The molecular weight excluding hydrogens is 366 g/mol. The summed E-state index contributed by atoms with van der Waals surface area (Å²) in [5, 5.41) is 5.49. The van der Waals surface area contributed by atoms with Crippen LogP contribution in [-0.4, -0.2) is 42.1 Å². The number of rotatable bonds is 5. The van der Waals surface area contributed by atoms with Crippen LogP contribution in [0.4, 0.5) is 5.13 Å². The summed E-state index contributed by atoms with van der Waals surface area (Å²) in [5.74, 6) is -0.105. The van der Waals surface area contributed by atoms with Crippen molar-refractivity contribution < 1.29 is 9.53 Å². The topological polar surface area (TPSA) is 54.5 Å². The lowest BCUT2D eigenvalue weighted by atomic mass is 10.1. The number of nitrogens with zero attached hydrogens (tertiary/aromatic N) is 2. The fourth-order valence-electron chi connectivity index (χ4n) is 2.86. The number of amides is 1. The van der Waals surface area contributed by atoms with Gasteiger partial charge in [-0.15, -0.1) is 11.3 Å². The van der Waals surface area contributed by atoms with Crippen LogP contribution in [0.3, 0.4) is 0 Å². The van der Waals surface area contributed by atoms with E-state index in [9.17, 15) is 4.79 Å². The van der Waals surface area contributed by atoms with Crippen LogP contribution in [-0.2, 0) is 11.3 Å². The lowest BCUT2D eigenvalue weighted by Gasteiger charge is -2.26. The Labute approximate surface area is 160 Å². The number of hydrogen-bond donors (Lipinski definition) is 1. The van der Waals surface area contributed by atoms with Crippen LogP contribution in [0.2, 0.25) is 0 Å². The zero-order valence-electron chi connectivity index (χ0n) is 14.2. The molecule has 5 nitrogen and oxygen atoms in total. The molecule has 0 bridgehead atoms. The van der Waals surface area contributed by atoms with Crippen LogP contribution in [0.1, 0.15) is 14.5 Å². The number of hydrogen-bond acceptors (Lipinski definition) is 6. The molecular formula is C19H19N3O2S2. The largest absolute Gasteiger partial charge is 0.379 e. The standard InChI is InChI=1S/C19H19N3O2S2/c23-18(15-7-4-12-25-15)21-19-20-17(14-5-2-1-3-6-14)16(26-19)13-22-8-10-24-11-9-22/h1-7,12H,8-11,13H2,(H,20,21,23). The Morgan fingerprint density at radius 3 is 2.69 bits per heavy atom. The van der Waals surface area contributed by atoms with E-state index >= 15 is 0 Å². The first-order valence-corrected chi connectivity index (χ1v) is 10.2. The van der Waals surface area contributed by atoms with E-state index in [0.717, 1.165) is 44.1 Å². The number of carbonyl (C=O) groups excluding carboxylic acids is 1. The summed E-state index contributed by atoms with van der Waals surface area (Å²) in [6.07, 6.45) is 0. The quantitative estimate of drug-likeness (QED) is 0.722. The predicted octanol–water partition coefficient (Wildman–Crippen LogP) is 3.96. The number of thiophene rings is 1. The maximum atomic E-state index is 12.4. The van der Waals surface area contributed by atoms with Crippen LogP contribution in [0, 0.1) is 0 Å². The van der Waals surface area contributed by atoms with E-state index in [4.69, 9.17) is 9.72 Å². The summed E-state index contributed by atoms with van der Waals surface area (Å²) in [6, 6.07) is 13.8. The Hall–Kier alpha value is -2.06. The Bertz CT molecular complexity index is 856. The molecule has 1 saturated heterocycles. The number of thiazole rings is 1. The number of benzene rings is 1. The second kappa shape index (κ2) is 8.09. The molecule has 134 valence electrons. The fraction of sp³-hybridized carbons (Fsp3) is 0.263. The van der Waals surface area contributed by atoms with Gasteiger partial charge in [0.05, 0.1) is 23.8 Å². The smallest absolute Gasteiger partial charge is 0.267 e. The highest BCUT2D eigenvalue weighted by Crippen LogP contribution is 2.32. The molecule has 0 aliphatic carbocycles. The lowest BCUT2D eigenvalue weighted by Crippen LogP contribution is -2.35. The Kier molecular flexibility index (Phi) is 5.40. The average Bonchev–Trinajstić information content (AvgIpc) is 3.34.